The second-order valence-corrected chi connectivity index (χ2v) is 3.70. The topological polar surface area (TPSA) is 70.4 Å². The predicted molar refractivity (Wildman–Crippen MR) is 58.1 cm³/mol. The molecule has 0 atom stereocenters. The molecule has 0 amide bonds. The largest absolute Gasteiger partial charge is 0.506 e. The molecule has 0 saturated carbocycles. The van der Waals surface area contributed by atoms with E-state index in [1.807, 2.05) is 0 Å². The number of carboxylic acids is 1. The molecular weight excluding hydrogens is 262 g/mol. The number of fused-ring (bicyclic) bond motifs is 1. The van der Waals surface area contributed by atoms with Crippen LogP contribution in [0.5, 0.6) is 5.75 Å². The quantitative estimate of drug-likeness (QED) is 0.779. The molecule has 0 radical (unpaired) electrons. The number of benzene rings is 1. The SMILES string of the molecule is O=C(O)c1c(Br)nc2ccccc2c1O. The molecule has 1 aromatic carbocycles. The van der Waals surface area contributed by atoms with Crippen molar-refractivity contribution in [3.63, 3.8) is 0 Å². The van der Waals surface area contributed by atoms with Crippen LogP contribution < -0.4 is 0 Å². The van der Waals surface area contributed by atoms with E-state index in [4.69, 9.17) is 5.11 Å². The van der Waals surface area contributed by atoms with Crippen molar-refractivity contribution < 1.29 is 15.0 Å². The number of halogens is 1. The Morgan fingerprint density at radius 2 is 2.00 bits per heavy atom. The number of para-hydroxylation sites is 1. The molecule has 1 heterocycles. The summed E-state index contributed by atoms with van der Waals surface area (Å²) in [5.41, 5.74) is 0.334. The molecule has 0 aliphatic carbocycles. The average molecular weight is 268 g/mol. The second-order valence-electron chi connectivity index (χ2n) is 2.95. The normalized spacial score (nSPS) is 10.5. The number of hydrogen-bond acceptors (Lipinski definition) is 3. The Bertz CT molecular complexity index is 554. The van der Waals surface area contributed by atoms with Crippen molar-refractivity contribution in [2.45, 2.75) is 0 Å². The fourth-order valence-corrected chi connectivity index (χ4v) is 1.90. The van der Waals surface area contributed by atoms with Crippen LogP contribution in [0, 0.1) is 0 Å². The molecule has 1 aromatic heterocycles. The molecular formula is C10H6BrNO3. The van der Waals surface area contributed by atoms with Crippen molar-refractivity contribution in [2.24, 2.45) is 0 Å². The van der Waals surface area contributed by atoms with Crippen molar-refractivity contribution in [3.8, 4) is 5.75 Å². The number of carbonyl (C=O) groups is 1. The number of aromatic hydroxyl groups is 1. The van der Waals surface area contributed by atoms with Gasteiger partial charge in [0.1, 0.15) is 15.9 Å². The molecule has 0 bridgehead atoms. The zero-order chi connectivity index (χ0) is 11.0. The summed E-state index contributed by atoms with van der Waals surface area (Å²) in [5, 5.41) is 19.1. The van der Waals surface area contributed by atoms with Crippen molar-refractivity contribution in [2.75, 3.05) is 0 Å². The Morgan fingerprint density at radius 1 is 1.33 bits per heavy atom. The van der Waals surface area contributed by atoms with E-state index in [0.717, 1.165) is 0 Å². The lowest BCUT2D eigenvalue weighted by molar-refractivity contribution is 0.0692. The molecule has 0 aliphatic heterocycles. The molecule has 76 valence electrons. The van der Waals surface area contributed by atoms with Gasteiger partial charge in [-0.1, -0.05) is 12.1 Å². The van der Waals surface area contributed by atoms with Crippen LogP contribution in [0.25, 0.3) is 10.9 Å². The highest BCUT2D eigenvalue weighted by atomic mass is 79.9. The zero-order valence-corrected chi connectivity index (χ0v) is 9.02. The van der Waals surface area contributed by atoms with E-state index >= 15 is 0 Å². The highest BCUT2D eigenvalue weighted by Gasteiger charge is 2.18. The minimum Gasteiger partial charge on any atom is -0.506 e. The van der Waals surface area contributed by atoms with E-state index in [1.54, 1.807) is 24.3 Å². The van der Waals surface area contributed by atoms with Gasteiger partial charge in [-0.3, -0.25) is 0 Å². The molecule has 15 heavy (non-hydrogen) atoms. The maximum absolute atomic E-state index is 10.9. The molecule has 2 rings (SSSR count). The van der Waals surface area contributed by atoms with Crippen LogP contribution in [0.15, 0.2) is 28.9 Å². The summed E-state index contributed by atoms with van der Waals surface area (Å²) in [4.78, 5) is 14.9. The first-order chi connectivity index (χ1) is 7.11. The van der Waals surface area contributed by atoms with E-state index in [1.165, 1.54) is 0 Å². The Hall–Kier alpha value is -1.62. The van der Waals surface area contributed by atoms with E-state index < -0.39 is 5.97 Å². The highest BCUT2D eigenvalue weighted by molar-refractivity contribution is 9.10. The average Bonchev–Trinajstić information content (AvgIpc) is 2.17. The number of nitrogens with zero attached hydrogens (tertiary/aromatic N) is 1. The summed E-state index contributed by atoms with van der Waals surface area (Å²) < 4.78 is 0.131. The summed E-state index contributed by atoms with van der Waals surface area (Å²) in [6.07, 6.45) is 0. The van der Waals surface area contributed by atoms with E-state index in [2.05, 4.69) is 20.9 Å². The minimum atomic E-state index is -1.21. The first-order valence-corrected chi connectivity index (χ1v) is 4.91. The Kier molecular flexibility index (Phi) is 2.32. The lowest BCUT2D eigenvalue weighted by Gasteiger charge is -2.05. The Morgan fingerprint density at radius 3 is 2.67 bits per heavy atom. The maximum atomic E-state index is 10.9. The van der Waals surface area contributed by atoms with Gasteiger partial charge < -0.3 is 10.2 Å². The summed E-state index contributed by atoms with van der Waals surface area (Å²) in [7, 11) is 0. The Labute approximate surface area is 93.3 Å². The molecule has 2 N–H and O–H groups in total. The monoisotopic (exact) mass is 267 g/mol. The van der Waals surface area contributed by atoms with Crippen molar-refractivity contribution in [3.05, 3.63) is 34.4 Å². The maximum Gasteiger partial charge on any atom is 0.342 e. The highest BCUT2D eigenvalue weighted by Crippen LogP contribution is 2.31. The van der Waals surface area contributed by atoms with Crippen LogP contribution in [0.4, 0.5) is 0 Å². The van der Waals surface area contributed by atoms with E-state index in [-0.39, 0.29) is 15.9 Å². The van der Waals surface area contributed by atoms with Crippen molar-refractivity contribution >= 4 is 32.8 Å². The van der Waals surface area contributed by atoms with Crippen LogP contribution >= 0.6 is 15.9 Å². The summed E-state index contributed by atoms with van der Waals surface area (Å²) in [5.74, 6) is -1.47. The third-order valence-corrected chi connectivity index (χ3v) is 2.61. The third kappa shape index (κ3) is 1.55. The Balaban J connectivity index is 2.90. The van der Waals surface area contributed by atoms with E-state index in [0.29, 0.717) is 10.9 Å². The van der Waals surface area contributed by atoms with Gasteiger partial charge in [0, 0.05) is 5.39 Å². The van der Waals surface area contributed by atoms with Crippen molar-refractivity contribution in [1.29, 1.82) is 0 Å². The fraction of sp³-hybridized carbons (Fsp3) is 0. The van der Waals surface area contributed by atoms with Gasteiger partial charge in [-0.05, 0) is 28.1 Å². The molecule has 0 saturated heterocycles. The molecule has 0 unspecified atom stereocenters. The molecule has 0 aliphatic rings. The summed E-state index contributed by atoms with van der Waals surface area (Å²) >= 11 is 3.02. The third-order valence-electron chi connectivity index (χ3n) is 2.03. The predicted octanol–water partition coefficient (Wildman–Crippen LogP) is 2.40. The van der Waals surface area contributed by atoms with Gasteiger partial charge in [-0.15, -0.1) is 0 Å². The molecule has 0 fully saturated rings. The van der Waals surface area contributed by atoms with Gasteiger partial charge >= 0.3 is 5.97 Å². The summed E-state index contributed by atoms with van der Waals surface area (Å²) in [6.45, 7) is 0. The number of hydrogen-bond donors (Lipinski definition) is 2. The smallest absolute Gasteiger partial charge is 0.342 e. The second kappa shape index (κ2) is 3.51. The van der Waals surface area contributed by atoms with Gasteiger partial charge in [0.2, 0.25) is 0 Å². The number of pyridine rings is 1. The number of carboxylic acid groups (broad SMARTS) is 1. The van der Waals surface area contributed by atoms with Crippen molar-refractivity contribution in [1.82, 2.24) is 4.98 Å². The van der Waals surface area contributed by atoms with Crippen LogP contribution in [0.2, 0.25) is 0 Å². The zero-order valence-electron chi connectivity index (χ0n) is 7.44. The molecule has 0 spiro atoms. The van der Waals surface area contributed by atoms with Gasteiger partial charge in [0.25, 0.3) is 0 Å². The number of rotatable bonds is 1. The first kappa shape index (κ1) is 9.92. The van der Waals surface area contributed by atoms with Gasteiger partial charge in [0.15, 0.2) is 0 Å². The van der Waals surface area contributed by atoms with Crippen LogP contribution in [0.3, 0.4) is 0 Å². The van der Waals surface area contributed by atoms with Crippen LogP contribution in [-0.4, -0.2) is 21.2 Å². The lowest BCUT2D eigenvalue weighted by atomic mass is 10.1. The van der Waals surface area contributed by atoms with Crippen LogP contribution in [0.1, 0.15) is 10.4 Å². The number of aromatic nitrogens is 1. The van der Waals surface area contributed by atoms with Gasteiger partial charge in [-0.2, -0.15) is 0 Å². The molecule has 2 aromatic rings. The summed E-state index contributed by atoms with van der Waals surface area (Å²) in [6, 6.07) is 6.80. The minimum absolute atomic E-state index is 0.131. The lowest BCUT2D eigenvalue weighted by Crippen LogP contribution is -2.00. The van der Waals surface area contributed by atoms with Crippen LogP contribution in [-0.2, 0) is 0 Å². The number of aromatic carboxylic acids is 1. The van der Waals surface area contributed by atoms with Gasteiger partial charge in [-0.25, -0.2) is 9.78 Å². The van der Waals surface area contributed by atoms with Gasteiger partial charge in [0.05, 0.1) is 5.52 Å². The standard InChI is InChI=1S/C10H6BrNO3/c11-9-7(10(14)15)8(13)5-3-1-2-4-6(5)12-9/h1-4H,(H,12,13)(H,14,15). The molecule has 4 nitrogen and oxygen atoms in total. The fourth-order valence-electron chi connectivity index (χ4n) is 1.35. The first-order valence-electron chi connectivity index (χ1n) is 4.11. The van der Waals surface area contributed by atoms with E-state index in [9.17, 15) is 9.90 Å². The molecule has 5 heteroatoms.